The third kappa shape index (κ3) is 2.07. The highest BCUT2D eigenvalue weighted by Gasteiger charge is 2.44. The molecule has 106 valence electrons. The second kappa shape index (κ2) is 5.03. The molecule has 1 saturated heterocycles. The summed E-state index contributed by atoms with van der Waals surface area (Å²) in [5, 5.41) is 0. The van der Waals surface area contributed by atoms with Crippen molar-refractivity contribution in [3.8, 4) is 0 Å². The SMILES string of the molecule is CC(=O)N(C)C(=O)C(C)N1C(=O)C2=CCCC=C2C1=O. The second-order valence-electron chi connectivity index (χ2n) is 4.89. The highest BCUT2D eigenvalue weighted by atomic mass is 16.2. The van der Waals surface area contributed by atoms with Crippen LogP contribution in [0.5, 0.6) is 0 Å². The van der Waals surface area contributed by atoms with Gasteiger partial charge in [0.15, 0.2) is 0 Å². The highest BCUT2D eigenvalue weighted by Crippen LogP contribution is 2.31. The average molecular weight is 276 g/mol. The Kier molecular flexibility index (Phi) is 3.57. The molecule has 1 unspecified atom stereocenters. The topological polar surface area (TPSA) is 74.8 Å². The fraction of sp³-hybridized carbons (Fsp3) is 0.429. The van der Waals surface area contributed by atoms with Gasteiger partial charge in [-0.1, -0.05) is 12.2 Å². The number of carbonyl (C=O) groups is 4. The molecule has 0 spiro atoms. The summed E-state index contributed by atoms with van der Waals surface area (Å²) < 4.78 is 0. The smallest absolute Gasteiger partial charge is 0.261 e. The zero-order chi connectivity index (χ0) is 15.0. The van der Waals surface area contributed by atoms with E-state index in [9.17, 15) is 19.2 Å². The Morgan fingerprint density at radius 3 is 2.00 bits per heavy atom. The van der Waals surface area contributed by atoms with Crippen LogP contribution in [-0.4, -0.2) is 46.5 Å². The van der Waals surface area contributed by atoms with E-state index in [4.69, 9.17) is 0 Å². The van der Waals surface area contributed by atoms with E-state index >= 15 is 0 Å². The van der Waals surface area contributed by atoms with Gasteiger partial charge in [0.1, 0.15) is 6.04 Å². The zero-order valence-corrected chi connectivity index (χ0v) is 11.7. The molecule has 20 heavy (non-hydrogen) atoms. The van der Waals surface area contributed by atoms with Crippen molar-refractivity contribution < 1.29 is 19.2 Å². The molecule has 0 aromatic carbocycles. The third-order valence-corrected chi connectivity index (χ3v) is 3.60. The molecule has 1 aliphatic carbocycles. The summed E-state index contributed by atoms with van der Waals surface area (Å²) >= 11 is 0. The average Bonchev–Trinajstić information content (AvgIpc) is 2.69. The molecule has 6 heteroatoms. The molecule has 0 N–H and O–H groups in total. The minimum atomic E-state index is -0.990. The van der Waals surface area contributed by atoms with Gasteiger partial charge in [-0.2, -0.15) is 0 Å². The number of hydrogen-bond donors (Lipinski definition) is 0. The lowest BCUT2D eigenvalue weighted by Crippen LogP contribution is -2.49. The molecule has 1 atom stereocenters. The minimum absolute atomic E-state index is 0.367. The van der Waals surface area contributed by atoms with Gasteiger partial charge in [0.25, 0.3) is 17.7 Å². The van der Waals surface area contributed by atoms with Crippen molar-refractivity contribution in [2.45, 2.75) is 32.7 Å². The Bertz CT molecular complexity index is 542. The second-order valence-corrected chi connectivity index (χ2v) is 4.89. The summed E-state index contributed by atoms with van der Waals surface area (Å²) in [6, 6.07) is -0.990. The summed E-state index contributed by atoms with van der Waals surface area (Å²) in [5.74, 6) is -1.92. The predicted molar refractivity (Wildman–Crippen MR) is 70.2 cm³/mol. The van der Waals surface area contributed by atoms with Crippen molar-refractivity contribution in [1.82, 2.24) is 9.80 Å². The Balaban J connectivity index is 2.29. The summed E-state index contributed by atoms with van der Waals surface area (Å²) in [7, 11) is 1.33. The van der Waals surface area contributed by atoms with Gasteiger partial charge < -0.3 is 0 Å². The fourth-order valence-corrected chi connectivity index (χ4v) is 2.33. The first-order chi connectivity index (χ1) is 9.36. The van der Waals surface area contributed by atoms with Crippen LogP contribution >= 0.6 is 0 Å². The molecule has 2 aliphatic rings. The molecule has 2 rings (SSSR count). The summed E-state index contributed by atoms with van der Waals surface area (Å²) in [5.41, 5.74) is 0.734. The number of allylic oxidation sites excluding steroid dienone is 2. The van der Waals surface area contributed by atoms with Crippen LogP contribution in [0.25, 0.3) is 0 Å². The standard InChI is InChI=1S/C14H16N2O4/c1-8(12(18)15(3)9(2)17)16-13(19)10-6-4-5-7-11(10)14(16)20/h6-8H,4-5H2,1-3H3. The van der Waals surface area contributed by atoms with Crippen molar-refractivity contribution in [3.63, 3.8) is 0 Å². The molecule has 1 heterocycles. The molecular weight excluding hydrogens is 260 g/mol. The lowest BCUT2D eigenvalue weighted by atomic mass is 10.0. The lowest BCUT2D eigenvalue weighted by molar-refractivity contribution is -0.152. The molecule has 0 aromatic heterocycles. The molecular formula is C14H16N2O4. The van der Waals surface area contributed by atoms with Gasteiger partial charge in [0.05, 0.1) is 0 Å². The first-order valence-corrected chi connectivity index (χ1v) is 6.43. The quantitative estimate of drug-likeness (QED) is 0.684. The van der Waals surface area contributed by atoms with E-state index in [0.717, 1.165) is 9.80 Å². The Morgan fingerprint density at radius 1 is 1.15 bits per heavy atom. The molecule has 0 aromatic rings. The van der Waals surface area contributed by atoms with Crippen LogP contribution in [0.1, 0.15) is 26.7 Å². The number of likely N-dealkylation sites (N-methyl/N-ethyl adjacent to an activating group) is 1. The summed E-state index contributed by atoms with van der Waals surface area (Å²) in [6.45, 7) is 2.71. The maximum Gasteiger partial charge on any atom is 0.261 e. The van der Waals surface area contributed by atoms with Gasteiger partial charge in [-0.15, -0.1) is 0 Å². The van der Waals surface area contributed by atoms with Crippen LogP contribution < -0.4 is 0 Å². The maximum atomic E-state index is 12.2. The molecule has 1 aliphatic heterocycles. The van der Waals surface area contributed by atoms with E-state index in [1.54, 1.807) is 12.2 Å². The maximum absolute atomic E-state index is 12.2. The third-order valence-electron chi connectivity index (χ3n) is 3.60. The fourth-order valence-electron chi connectivity index (χ4n) is 2.33. The van der Waals surface area contributed by atoms with Crippen LogP contribution in [0, 0.1) is 0 Å². The number of amides is 4. The van der Waals surface area contributed by atoms with Crippen LogP contribution in [0.2, 0.25) is 0 Å². The number of likely N-dealkylation sites (tertiary alicyclic amines) is 1. The predicted octanol–water partition coefficient (Wildman–Crippen LogP) is 0.395. The van der Waals surface area contributed by atoms with Gasteiger partial charge in [0.2, 0.25) is 5.91 Å². The van der Waals surface area contributed by atoms with E-state index in [2.05, 4.69) is 0 Å². The number of imide groups is 2. The van der Waals surface area contributed by atoms with Crippen LogP contribution in [-0.2, 0) is 19.2 Å². The molecule has 1 fully saturated rings. The summed E-state index contributed by atoms with van der Waals surface area (Å²) in [4.78, 5) is 49.6. The summed E-state index contributed by atoms with van der Waals surface area (Å²) in [6.07, 6.45) is 4.87. The van der Waals surface area contributed by atoms with Gasteiger partial charge in [-0.25, -0.2) is 0 Å². The first-order valence-electron chi connectivity index (χ1n) is 6.43. The van der Waals surface area contributed by atoms with Crippen molar-refractivity contribution >= 4 is 23.6 Å². The van der Waals surface area contributed by atoms with Crippen molar-refractivity contribution in [2.24, 2.45) is 0 Å². The monoisotopic (exact) mass is 276 g/mol. The molecule has 0 radical (unpaired) electrons. The Hall–Kier alpha value is -2.24. The largest absolute Gasteiger partial charge is 0.284 e. The van der Waals surface area contributed by atoms with E-state index in [1.165, 1.54) is 20.9 Å². The number of rotatable bonds is 2. The van der Waals surface area contributed by atoms with E-state index in [0.29, 0.717) is 24.0 Å². The highest BCUT2D eigenvalue weighted by molar-refractivity contribution is 6.26. The molecule has 4 amide bonds. The van der Waals surface area contributed by atoms with E-state index in [1.807, 2.05) is 0 Å². The van der Waals surface area contributed by atoms with E-state index in [-0.39, 0.29) is 0 Å². The van der Waals surface area contributed by atoms with Crippen LogP contribution in [0.15, 0.2) is 23.3 Å². The number of nitrogens with zero attached hydrogens (tertiary/aromatic N) is 2. The van der Waals surface area contributed by atoms with Gasteiger partial charge >= 0.3 is 0 Å². The van der Waals surface area contributed by atoms with Crippen molar-refractivity contribution in [3.05, 3.63) is 23.3 Å². The number of hydrogen-bond acceptors (Lipinski definition) is 4. The van der Waals surface area contributed by atoms with Crippen molar-refractivity contribution in [1.29, 1.82) is 0 Å². The normalized spacial score (nSPS) is 19.2. The number of fused-ring (bicyclic) bond motifs is 1. The van der Waals surface area contributed by atoms with Crippen LogP contribution in [0.4, 0.5) is 0 Å². The zero-order valence-electron chi connectivity index (χ0n) is 11.7. The molecule has 0 bridgehead atoms. The van der Waals surface area contributed by atoms with Crippen LogP contribution in [0.3, 0.4) is 0 Å². The first kappa shape index (κ1) is 14.2. The number of carbonyl (C=O) groups excluding carboxylic acids is 4. The minimum Gasteiger partial charge on any atom is -0.284 e. The van der Waals surface area contributed by atoms with Gasteiger partial charge in [-0.3, -0.25) is 29.0 Å². The lowest BCUT2D eigenvalue weighted by Gasteiger charge is -2.24. The van der Waals surface area contributed by atoms with Gasteiger partial charge in [-0.05, 0) is 19.8 Å². The molecule has 6 nitrogen and oxygen atoms in total. The Labute approximate surface area is 116 Å². The Morgan fingerprint density at radius 2 is 1.60 bits per heavy atom. The van der Waals surface area contributed by atoms with Gasteiger partial charge in [0, 0.05) is 25.1 Å². The molecule has 0 saturated carbocycles. The van der Waals surface area contributed by atoms with Crippen molar-refractivity contribution in [2.75, 3.05) is 7.05 Å². The van der Waals surface area contributed by atoms with E-state index < -0.39 is 29.7 Å².